The third kappa shape index (κ3) is 3.90. The van der Waals surface area contributed by atoms with E-state index in [0.29, 0.717) is 38.7 Å². The van der Waals surface area contributed by atoms with Crippen molar-refractivity contribution in [2.24, 2.45) is 0 Å². The lowest BCUT2D eigenvalue weighted by Gasteiger charge is -2.34. The average molecular weight is 376 g/mol. The summed E-state index contributed by atoms with van der Waals surface area (Å²) in [5.41, 5.74) is 1.00. The van der Waals surface area contributed by atoms with E-state index in [1.807, 2.05) is 35.2 Å². The van der Waals surface area contributed by atoms with E-state index in [2.05, 4.69) is 15.1 Å². The smallest absolute Gasteiger partial charge is 0.274 e. The maximum atomic E-state index is 12.9. The highest BCUT2D eigenvalue weighted by Crippen LogP contribution is 2.11. The number of aromatic nitrogens is 4. The van der Waals surface area contributed by atoms with Gasteiger partial charge in [0.2, 0.25) is 5.95 Å². The molecule has 8 heteroatoms. The Balaban J connectivity index is 1.45. The number of carbonyl (C=O) groups is 1. The van der Waals surface area contributed by atoms with Crippen molar-refractivity contribution in [2.45, 2.75) is 6.54 Å². The number of nitrogens with zero attached hydrogens (tertiary/aromatic N) is 6. The van der Waals surface area contributed by atoms with Crippen molar-refractivity contribution < 1.29 is 4.79 Å². The van der Waals surface area contributed by atoms with Crippen molar-refractivity contribution >= 4 is 11.9 Å². The quantitative estimate of drug-likeness (QED) is 0.677. The van der Waals surface area contributed by atoms with E-state index in [1.165, 1.54) is 16.8 Å². The van der Waals surface area contributed by atoms with Crippen LogP contribution in [-0.4, -0.2) is 56.7 Å². The van der Waals surface area contributed by atoms with Gasteiger partial charge in [0.05, 0.1) is 6.54 Å². The maximum absolute atomic E-state index is 12.9. The lowest BCUT2D eigenvalue weighted by atomic mass is 10.2. The minimum absolute atomic E-state index is 0.171. The van der Waals surface area contributed by atoms with Crippen LogP contribution in [-0.2, 0) is 6.54 Å². The lowest BCUT2D eigenvalue weighted by molar-refractivity contribution is 0.0737. The number of benzene rings is 1. The number of piperazine rings is 1. The molecule has 4 rings (SSSR count). The summed E-state index contributed by atoms with van der Waals surface area (Å²) in [6, 6.07) is 14.3. The molecule has 142 valence electrons. The van der Waals surface area contributed by atoms with Gasteiger partial charge in [0.1, 0.15) is 5.69 Å². The van der Waals surface area contributed by atoms with E-state index in [9.17, 15) is 9.59 Å². The molecule has 1 amide bonds. The molecule has 1 fully saturated rings. The van der Waals surface area contributed by atoms with E-state index in [1.54, 1.807) is 23.4 Å². The number of hydrogen-bond donors (Lipinski definition) is 0. The van der Waals surface area contributed by atoms with E-state index in [0.717, 1.165) is 5.56 Å². The van der Waals surface area contributed by atoms with Gasteiger partial charge in [-0.05, 0) is 17.7 Å². The molecular formula is C20H20N6O2. The van der Waals surface area contributed by atoms with Crippen LogP contribution in [0.25, 0.3) is 0 Å². The van der Waals surface area contributed by atoms with E-state index < -0.39 is 0 Å². The molecule has 1 aliphatic heterocycles. The first-order valence-corrected chi connectivity index (χ1v) is 9.14. The zero-order valence-corrected chi connectivity index (χ0v) is 15.3. The molecule has 3 heterocycles. The highest BCUT2D eigenvalue weighted by atomic mass is 16.2. The van der Waals surface area contributed by atoms with Gasteiger partial charge in [-0.2, -0.15) is 5.10 Å². The van der Waals surface area contributed by atoms with Crippen molar-refractivity contribution in [3.63, 3.8) is 0 Å². The summed E-state index contributed by atoms with van der Waals surface area (Å²) in [7, 11) is 0. The van der Waals surface area contributed by atoms with Crippen LogP contribution in [0.5, 0.6) is 0 Å². The third-order valence-corrected chi connectivity index (χ3v) is 4.66. The standard InChI is InChI=1S/C20H20N6O2/c27-18-8-7-17(23-26(18)15-16-5-2-1-3-6-16)19(28)24-11-13-25(14-12-24)20-21-9-4-10-22-20/h1-10H,11-15H2. The number of anilines is 1. The second kappa shape index (κ2) is 7.99. The molecule has 0 spiro atoms. The van der Waals surface area contributed by atoms with Gasteiger partial charge in [-0.3, -0.25) is 9.59 Å². The fourth-order valence-electron chi connectivity index (χ4n) is 3.16. The van der Waals surface area contributed by atoms with Gasteiger partial charge >= 0.3 is 0 Å². The fourth-order valence-corrected chi connectivity index (χ4v) is 3.16. The minimum atomic E-state index is -0.230. The van der Waals surface area contributed by atoms with E-state index in [4.69, 9.17) is 0 Å². The predicted octanol–water partition coefficient (Wildman–Crippen LogP) is 1.04. The van der Waals surface area contributed by atoms with Crippen LogP contribution in [0.2, 0.25) is 0 Å². The zero-order valence-electron chi connectivity index (χ0n) is 15.3. The van der Waals surface area contributed by atoms with Crippen molar-refractivity contribution in [1.82, 2.24) is 24.6 Å². The van der Waals surface area contributed by atoms with Crippen molar-refractivity contribution in [3.05, 3.63) is 82.5 Å². The SMILES string of the molecule is O=C(c1ccc(=O)n(Cc2ccccc2)n1)N1CCN(c2ncccn2)CC1. The Labute approximate surface area is 162 Å². The van der Waals surface area contributed by atoms with Crippen LogP contribution in [0, 0.1) is 0 Å². The average Bonchev–Trinajstić information content (AvgIpc) is 2.76. The molecule has 0 N–H and O–H groups in total. The predicted molar refractivity (Wildman–Crippen MR) is 104 cm³/mol. The van der Waals surface area contributed by atoms with Crippen LogP contribution < -0.4 is 10.5 Å². The number of rotatable bonds is 4. The van der Waals surface area contributed by atoms with Gasteiger partial charge in [-0.25, -0.2) is 14.6 Å². The molecule has 0 atom stereocenters. The highest BCUT2D eigenvalue weighted by Gasteiger charge is 2.24. The van der Waals surface area contributed by atoms with Crippen molar-refractivity contribution in [1.29, 1.82) is 0 Å². The molecule has 0 saturated carbocycles. The van der Waals surface area contributed by atoms with Crippen LogP contribution in [0.3, 0.4) is 0 Å². The van der Waals surface area contributed by atoms with Gasteiger partial charge < -0.3 is 9.80 Å². The zero-order chi connectivity index (χ0) is 19.3. The molecule has 0 bridgehead atoms. The minimum Gasteiger partial charge on any atom is -0.337 e. The molecule has 8 nitrogen and oxygen atoms in total. The maximum Gasteiger partial charge on any atom is 0.274 e. The molecule has 28 heavy (non-hydrogen) atoms. The van der Waals surface area contributed by atoms with Gasteiger partial charge in [0, 0.05) is 44.6 Å². The fraction of sp³-hybridized carbons (Fsp3) is 0.250. The third-order valence-electron chi connectivity index (χ3n) is 4.66. The monoisotopic (exact) mass is 376 g/mol. The first-order valence-electron chi connectivity index (χ1n) is 9.14. The molecule has 0 radical (unpaired) electrons. The summed E-state index contributed by atoms with van der Waals surface area (Å²) in [4.78, 5) is 37.3. The largest absolute Gasteiger partial charge is 0.337 e. The molecular weight excluding hydrogens is 356 g/mol. The van der Waals surface area contributed by atoms with Crippen LogP contribution in [0.15, 0.2) is 65.7 Å². The molecule has 1 aliphatic rings. The Morgan fingerprint density at radius 1 is 0.893 bits per heavy atom. The molecule has 2 aromatic heterocycles. The second-order valence-electron chi connectivity index (χ2n) is 6.53. The topological polar surface area (TPSA) is 84.2 Å². The Morgan fingerprint density at radius 2 is 1.61 bits per heavy atom. The first kappa shape index (κ1) is 17.8. The van der Waals surface area contributed by atoms with Crippen molar-refractivity contribution in [3.8, 4) is 0 Å². The lowest BCUT2D eigenvalue weighted by Crippen LogP contribution is -2.49. The molecule has 0 unspecified atom stereocenters. The second-order valence-corrected chi connectivity index (χ2v) is 6.53. The Hall–Kier alpha value is -3.55. The number of amides is 1. The van der Waals surface area contributed by atoms with Crippen LogP contribution in [0.4, 0.5) is 5.95 Å². The van der Waals surface area contributed by atoms with Crippen LogP contribution in [0.1, 0.15) is 16.1 Å². The Morgan fingerprint density at radius 3 is 2.32 bits per heavy atom. The van der Waals surface area contributed by atoms with Crippen molar-refractivity contribution in [2.75, 3.05) is 31.1 Å². The number of hydrogen-bond acceptors (Lipinski definition) is 6. The van der Waals surface area contributed by atoms with E-state index >= 15 is 0 Å². The first-order chi connectivity index (χ1) is 13.7. The molecule has 1 aromatic carbocycles. The highest BCUT2D eigenvalue weighted by molar-refractivity contribution is 5.92. The summed E-state index contributed by atoms with van der Waals surface area (Å²) in [5, 5.41) is 4.29. The summed E-state index contributed by atoms with van der Waals surface area (Å²) < 4.78 is 1.33. The van der Waals surface area contributed by atoms with Crippen LogP contribution >= 0.6 is 0 Å². The Kier molecular flexibility index (Phi) is 5.09. The molecule has 3 aromatic rings. The summed E-state index contributed by atoms with van der Waals surface area (Å²) in [6.07, 6.45) is 3.42. The van der Waals surface area contributed by atoms with E-state index in [-0.39, 0.29) is 17.2 Å². The molecule has 1 saturated heterocycles. The Bertz CT molecular complexity index is 998. The normalized spacial score (nSPS) is 14.1. The number of carbonyl (C=O) groups excluding carboxylic acids is 1. The summed E-state index contributed by atoms with van der Waals surface area (Å²) >= 11 is 0. The summed E-state index contributed by atoms with van der Waals surface area (Å²) in [6.45, 7) is 2.74. The van der Waals surface area contributed by atoms with Gasteiger partial charge in [-0.15, -0.1) is 0 Å². The van der Waals surface area contributed by atoms with Gasteiger partial charge in [0.25, 0.3) is 11.5 Å². The van der Waals surface area contributed by atoms with Gasteiger partial charge in [-0.1, -0.05) is 30.3 Å². The molecule has 0 aliphatic carbocycles. The summed E-state index contributed by atoms with van der Waals surface area (Å²) in [5.74, 6) is 0.500. The van der Waals surface area contributed by atoms with Gasteiger partial charge in [0.15, 0.2) is 0 Å².